The van der Waals surface area contributed by atoms with Crippen molar-refractivity contribution in [3.8, 4) is 28.6 Å². The van der Waals surface area contributed by atoms with E-state index in [0.29, 0.717) is 30.5 Å². The second-order valence-corrected chi connectivity index (χ2v) is 17.0. The van der Waals surface area contributed by atoms with Crippen molar-refractivity contribution in [1.29, 1.82) is 0 Å². The highest BCUT2D eigenvalue weighted by Crippen LogP contribution is 2.34. The molecule has 3 heterocycles. The van der Waals surface area contributed by atoms with E-state index in [1.54, 1.807) is 24.5 Å². The molecule has 4 rings (SSSR count). The smallest absolute Gasteiger partial charge is 0.264 e. The molecular formula is C24H31N3O6SSi. The zero-order valence-electron chi connectivity index (χ0n) is 20.4. The summed E-state index contributed by atoms with van der Waals surface area (Å²) < 4.78 is 46.7. The summed E-state index contributed by atoms with van der Waals surface area (Å²) in [5.41, 5.74) is 2.81. The molecule has 0 saturated heterocycles. The van der Waals surface area contributed by atoms with E-state index in [0.717, 1.165) is 35.7 Å². The average Bonchev–Trinajstić information content (AvgIpc) is 3.41. The van der Waals surface area contributed by atoms with Crippen molar-refractivity contribution in [3.63, 3.8) is 0 Å². The van der Waals surface area contributed by atoms with Gasteiger partial charge >= 0.3 is 0 Å². The van der Waals surface area contributed by atoms with Gasteiger partial charge in [0.15, 0.2) is 0 Å². The quantitative estimate of drug-likeness (QED) is 0.210. The molecule has 2 aromatic heterocycles. The van der Waals surface area contributed by atoms with E-state index in [9.17, 15) is 8.42 Å². The summed E-state index contributed by atoms with van der Waals surface area (Å²) in [6, 6.07) is 12.3. The number of pyridine rings is 1. The Hall–Kier alpha value is -2.73. The van der Waals surface area contributed by atoms with Crippen LogP contribution < -0.4 is 9.47 Å². The number of hydrogen-bond donors (Lipinski definition) is 0. The summed E-state index contributed by atoms with van der Waals surface area (Å²) in [7, 11) is -4.64. The summed E-state index contributed by atoms with van der Waals surface area (Å²) in [5, 5.41) is 4.37. The van der Waals surface area contributed by atoms with Crippen molar-refractivity contribution in [1.82, 2.24) is 14.8 Å². The Morgan fingerprint density at radius 2 is 2.00 bits per heavy atom. The van der Waals surface area contributed by atoms with Crippen LogP contribution in [0.5, 0.6) is 17.4 Å². The van der Waals surface area contributed by atoms with Crippen LogP contribution in [0.15, 0.2) is 48.8 Å². The first kappa shape index (κ1) is 25.4. The van der Waals surface area contributed by atoms with Crippen molar-refractivity contribution in [2.45, 2.75) is 44.9 Å². The second kappa shape index (κ2) is 10.5. The summed E-state index contributed by atoms with van der Waals surface area (Å²) in [6.07, 6.45) is 4.74. The first-order valence-corrected chi connectivity index (χ1v) is 17.0. The summed E-state index contributed by atoms with van der Waals surface area (Å²) in [5.74, 6) is 1.68. The Bertz CT molecular complexity index is 1260. The Balaban J connectivity index is 1.35. The second-order valence-electron chi connectivity index (χ2n) is 9.75. The van der Waals surface area contributed by atoms with Crippen LogP contribution in [0.2, 0.25) is 25.7 Å². The Morgan fingerprint density at radius 3 is 2.71 bits per heavy atom. The number of ether oxygens (including phenoxy) is 3. The molecule has 1 aliphatic rings. The number of rotatable bonds is 11. The summed E-state index contributed by atoms with van der Waals surface area (Å²) in [4.78, 5) is 4.44. The first-order chi connectivity index (χ1) is 16.6. The maximum atomic E-state index is 11.2. The normalized spacial score (nSPS) is 15.6. The molecule has 1 aromatic carbocycles. The molecule has 0 radical (unpaired) electrons. The number of nitrogens with zero attached hydrogens (tertiary/aromatic N) is 3. The van der Waals surface area contributed by atoms with E-state index in [1.165, 1.54) is 0 Å². The molecule has 1 atom stereocenters. The van der Waals surface area contributed by atoms with Crippen molar-refractivity contribution in [2.24, 2.45) is 0 Å². The van der Waals surface area contributed by atoms with Crippen LogP contribution in [0.3, 0.4) is 0 Å². The minimum absolute atomic E-state index is 0.0212. The molecular weight excluding hydrogens is 486 g/mol. The zero-order chi connectivity index (χ0) is 25.1. The molecule has 0 N–H and O–H groups in total. The van der Waals surface area contributed by atoms with Gasteiger partial charge in [0.2, 0.25) is 5.88 Å². The predicted octanol–water partition coefficient (Wildman–Crippen LogP) is 4.33. The molecule has 0 fully saturated rings. The van der Waals surface area contributed by atoms with Crippen LogP contribution in [0, 0.1) is 0 Å². The fraction of sp³-hybridized carbons (Fsp3) is 0.417. The van der Waals surface area contributed by atoms with Gasteiger partial charge in [-0.1, -0.05) is 25.7 Å². The maximum Gasteiger partial charge on any atom is 0.264 e. The van der Waals surface area contributed by atoms with Gasteiger partial charge in [0.1, 0.15) is 30.9 Å². The van der Waals surface area contributed by atoms with E-state index in [2.05, 4.69) is 29.7 Å². The lowest BCUT2D eigenvalue weighted by Crippen LogP contribution is -2.22. The molecule has 1 unspecified atom stereocenters. The van der Waals surface area contributed by atoms with Gasteiger partial charge in [0.05, 0.1) is 11.9 Å². The van der Waals surface area contributed by atoms with Crippen LogP contribution in [-0.4, -0.2) is 56.8 Å². The molecule has 0 spiro atoms. The molecule has 188 valence electrons. The zero-order valence-corrected chi connectivity index (χ0v) is 22.2. The molecule has 0 amide bonds. The van der Waals surface area contributed by atoms with E-state index in [4.69, 9.17) is 18.4 Å². The van der Waals surface area contributed by atoms with E-state index < -0.39 is 18.2 Å². The number of fused-ring (bicyclic) bond motifs is 1. The van der Waals surface area contributed by atoms with Crippen LogP contribution in [0.25, 0.3) is 11.3 Å². The van der Waals surface area contributed by atoms with Gasteiger partial charge in [-0.25, -0.2) is 9.67 Å². The van der Waals surface area contributed by atoms with Crippen molar-refractivity contribution in [2.75, 3.05) is 19.5 Å². The van der Waals surface area contributed by atoms with Gasteiger partial charge in [0, 0.05) is 51.2 Å². The fourth-order valence-corrected chi connectivity index (χ4v) is 4.71. The molecule has 0 saturated carbocycles. The molecule has 9 nitrogen and oxygen atoms in total. The van der Waals surface area contributed by atoms with Crippen molar-refractivity contribution < 1.29 is 26.8 Å². The molecule has 1 aliphatic heterocycles. The number of hydrogen-bond acceptors (Lipinski definition) is 8. The Labute approximate surface area is 207 Å². The third-order valence-corrected chi connectivity index (χ3v) is 7.70. The minimum Gasteiger partial charge on any atom is -0.487 e. The van der Waals surface area contributed by atoms with Gasteiger partial charge in [-0.3, -0.25) is 4.18 Å². The van der Waals surface area contributed by atoms with Gasteiger partial charge in [-0.05, 0) is 29.8 Å². The monoisotopic (exact) mass is 517 g/mol. The highest BCUT2D eigenvalue weighted by Gasteiger charge is 2.25. The number of benzene rings is 1. The lowest BCUT2D eigenvalue weighted by molar-refractivity contribution is 0.0798. The van der Waals surface area contributed by atoms with Crippen molar-refractivity contribution >= 4 is 18.2 Å². The maximum absolute atomic E-state index is 11.2. The first-order valence-electron chi connectivity index (χ1n) is 11.4. The highest BCUT2D eigenvalue weighted by atomic mass is 32.2. The summed E-state index contributed by atoms with van der Waals surface area (Å²) >= 11 is 0. The molecule has 35 heavy (non-hydrogen) atoms. The molecule has 0 bridgehead atoms. The van der Waals surface area contributed by atoms with Crippen LogP contribution in [0.4, 0.5) is 0 Å². The molecule has 3 aromatic rings. The van der Waals surface area contributed by atoms with Crippen LogP contribution in [-0.2, 0) is 32.2 Å². The van der Waals surface area contributed by atoms with E-state index >= 15 is 0 Å². The van der Waals surface area contributed by atoms with E-state index in [1.807, 2.05) is 28.9 Å². The predicted molar refractivity (Wildman–Crippen MR) is 135 cm³/mol. The Morgan fingerprint density at radius 1 is 1.17 bits per heavy atom. The SMILES string of the molecule is C[Si](C)(C)CCOCn1nccc1-c1ccc(Oc2ccc3c(c2)OC(COS(C)(=O)=O)C3)nc1. The van der Waals surface area contributed by atoms with Gasteiger partial charge in [-0.15, -0.1) is 0 Å². The van der Waals surface area contributed by atoms with Gasteiger partial charge in [0.25, 0.3) is 10.1 Å². The third-order valence-electron chi connectivity index (χ3n) is 5.43. The standard InChI is InChI=1S/C24H31N3O6SSi/c1-34(28,29)31-16-21-13-18-5-7-20(14-23(18)32-21)33-24-8-6-19(15-25-24)22-9-10-26-27(22)17-30-11-12-35(2,3)4/h5-10,14-15,21H,11-13,16-17H2,1-4H3. The topological polar surface area (TPSA) is 102 Å². The van der Waals surface area contributed by atoms with Crippen molar-refractivity contribution in [3.05, 3.63) is 54.4 Å². The molecule has 0 aliphatic carbocycles. The molecule has 11 heteroatoms. The van der Waals surface area contributed by atoms with Crippen LogP contribution >= 0.6 is 0 Å². The largest absolute Gasteiger partial charge is 0.487 e. The Kier molecular flexibility index (Phi) is 7.60. The third kappa shape index (κ3) is 7.37. The minimum atomic E-state index is -3.51. The highest BCUT2D eigenvalue weighted by molar-refractivity contribution is 7.85. The number of aromatic nitrogens is 3. The summed E-state index contributed by atoms with van der Waals surface area (Å²) in [6.45, 7) is 8.09. The van der Waals surface area contributed by atoms with E-state index in [-0.39, 0.29) is 12.7 Å². The van der Waals surface area contributed by atoms with Gasteiger partial charge < -0.3 is 14.2 Å². The average molecular weight is 518 g/mol. The fourth-order valence-electron chi connectivity index (χ4n) is 3.56. The van der Waals surface area contributed by atoms with Gasteiger partial charge in [-0.2, -0.15) is 13.5 Å². The lowest BCUT2D eigenvalue weighted by atomic mass is 10.1. The lowest BCUT2D eigenvalue weighted by Gasteiger charge is -2.16. The van der Waals surface area contributed by atoms with Crippen LogP contribution in [0.1, 0.15) is 5.56 Å².